The van der Waals surface area contributed by atoms with Crippen LogP contribution in [0.3, 0.4) is 0 Å². The summed E-state index contributed by atoms with van der Waals surface area (Å²) in [6.07, 6.45) is 4.12. The molecule has 3 rings (SSSR count). The number of hydrogen-bond acceptors (Lipinski definition) is 5. The van der Waals surface area contributed by atoms with Gasteiger partial charge in [0.15, 0.2) is 11.6 Å². The fourth-order valence-corrected chi connectivity index (χ4v) is 4.23. The second-order valence-corrected chi connectivity index (χ2v) is 10.9. The van der Waals surface area contributed by atoms with Crippen LogP contribution in [0.1, 0.15) is 18.6 Å². The molecule has 0 aliphatic carbocycles. The van der Waals surface area contributed by atoms with E-state index in [1.165, 1.54) is 12.1 Å². The molecule has 0 amide bonds. The Morgan fingerprint density at radius 3 is 2.52 bits per heavy atom. The van der Waals surface area contributed by atoms with E-state index in [0.29, 0.717) is 16.4 Å². The Hall–Kier alpha value is -2.14. The van der Waals surface area contributed by atoms with Gasteiger partial charge in [0.25, 0.3) is 0 Å². The van der Waals surface area contributed by atoms with Gasteiger partial charge >= 0.3 is 0 Å². The van der Waals surface area contributed by atoms with Crippen molar-refractivity contribution < 1.29 is 13.7 Å². The van der Waals surface area contributed by atoms with Crippen molar-refractivity contribution >= 4 is 41.5 Å². The molecule has 3 aromatic rings. The van der Waals surface area contributed by atoms with Gasteiger partial charge in [-0.2, -0.15) is 0 Å². The van der Waals surface area contributed by atoms with Crippen LogP contribution in [0.4, 0.5) is 10.2 Å². The maximum absolute atomic E-state index is 13.8. The number of nitrogens with two attached hydrogens (primary N) is 1. The van der Waals surface area contributed by atoms with Gasteiger partial charge in [-0.1, -0.05) is 23.2 Å². The van der Waals surface area contributed by atoms with Gasteiger partial charge in [0.05, 0.1) is 5.02 Å². The molecule has 152 valence electrons. The summed E-state index contributed by atoms with van der Waals surface area (Å²) < 4.78 is 32.1. The summed E-state index contributed by atoms with van der Waals surface area (Å²) in [4.78, 5) is 8.34. The van der Waals surface area contributed by atoms with Crippen LogP contribution in [0.25, 0.3) is 11.1 Å². The fraction of sp³-hybridized carbons (Fsp3) is 0.200. The van der Waals surface area contributed by atoms with E-state index in [0.717, 1.165) is 5.56 Å². The molecule has 0 bridgehead atoms. The van der Waals surface area contributed by atoms with Crippen LogP contribution in [-0.4, -0.2) is 23.3 Å². The van der Waals surface area contributed by atoms with Gasteiger partial charge in [0.2, 0.25) is 0 Å². The maximum atomic E-state index is 13.8. The van der Waals surface area contributed by atoms with E-state index >= 15 is 0 Å². The van der Waals surface area contributed by atoms with Gasteiger partial charge in [-0.3, -0.25) is 4.98 Å². The highest BCUT2D eigenvalue weighted by molar-refractivity contribution is 7.70. The smallest absolute Gasteiger partial charge is 0.166 e. The van der Waals surface area contributed by atoms with Crippen LogP contribution in [0.2, 0.25) is 10.0 Å². The first-order chi connectivity index (χ1) is 13.6. The summed E-state index contributed by atoms with van der Waals surface area (Å²) in [5.41, 5.74) is 7.68. The minimum atomic E-state index is -2.47. The molecule has 9 heteroatoms. The van der Waals surface area contributed by atoms with E-state index in [1.54, 1.807) is 51.0 Å². The number of aromatic nitrogens is 2. The zero-order chi connectivity index (χ0) is 21.3. The van der Waals surface area contributed by atoms with Crippen LogP contribution in [0, 0.1) is 5.82 Å². The van der Waals surface area contributed by atoms with Crippen molar-refractivity contribution in [2.75, 3.05) is 19.1 Å². The summed E-state index contributed by atoms with van der Waals surface area (Å²) in [6.45, 7) is 5.04. The average molecular weight is 454 g/mol. The Morgan fingerprint density at radius 2 is 1.83 bits per heavy atom. The highest BCUT2D eigenvalue weighted by atomic mass is 35.5. The Morgan fingerprint density at radius 1 is 1.14 bits per heavy atom. The third-order valence-electron chi connectivity index (χ3n) is 4.35. The number of pyridine rings is 2. The lowest BCUT2D eigenvalue weighted by atomic mass is 10.1. The fourth-order valence-electron chi connectivity index (χ4n) is 2.75. The first kappa shape index (κ1) is 21.6. The predicted octanol–water partition coefficient (Wildman–Crippen LogP) is 5.56. The quantitative estimate of drug-likeness (QED) is 0.404. The third kappa shape index (κ3) is 4.72. The largest absolute Gasteiger partial charge is 0.482 e. The van der Waals surface area contributed by atoms with Gasteiger partial charge in [0.1, 0.15) is 19.1 Å². The first-order valence-electron chi connectivity index (χ1n) is 8.64. The molecule has 0 aliphatic rings. The number of nitrogens with zero attached hydrogens (tertiary/aromatic N) is 2. The van der Waals surface area contributed by atoms with E-state index in [4.69, 9.17) is 33.7 Å². The standard InChI is InChI=1S/C20H19Cl2FN3O2P/c1-11(18-15(21)4-5-16(23)19(18)22)28-17-7-13(9-26-20(17)24)12-6-14(10-25-8-12)29(2,3)27/h4-11H,1-3H3,(H2,24,26). The molecule has 0 spiro atoms. The van der Waals surface area contributed by atoms with Crippen LogP contribution in [-0.2, 0) is 4.57 Å². The van der Waals surface area contributed by atoms with Crippen molar-refractivity contribution in [3.8, 4) is 16.9 Å². The Balaban J connectivity index is 1.97. The number of halogens is 3. The van der Waals surface area contributed by atoms with E-state index in [-0.39, 0.29) is 21.6 Å². The maximum Gasteiger partial charge on any atom is 0.166 e. The third-order valence-corrected chi connectivity index (χ3v) is 6.55. The number of anilines is 1. The van der Waals surface area contributed by atoms with Crippen molar-refractivity contribution in [2.45, 2.75) is 13.0 Å². The molecule has 0 saturated carbocycles. The average Bonchev–Trinajstić information content (AvgIpc) is 2.66. The molecule has 1 aromatic carbocycles. The minimum Gasteiger partial charge on any atom is -0.482 e. The summed E-state index contributed by atoms with van der Waals surface area (Å²) in [7, 11) is -2.47. The van der Waals surface area contributed by atoms with E-state index in [1.807, 2.05) is 0 Å². The number of rotatable bonds is 5. The summed E-state index contributed by atoms with van der Waals surface area (Å²) in [6, 6.07) is 6.10. The van der Waals surface area contributed by atoms with E-state index in [9.17, 15) is 8.96 Å². The highest BCUT2D eigenvalue weighted by Gasteiger charge is 2.20. The molecule has 5 nitrogen and oxygen atoms in total. The van der Waals surface area contributed by atoms with Gasteiger partial charge < -0.3 is 15.0 Å². The van der Waals surface area contributed by atoms with Gasteiger partial charge in [-0.25, -0.2) is 9.37 Å². The zero-order valence-corrected chi connectivity index (χ0v) is 18.4. The van der Waals surface area contributed by atoms with Crippen molar-refractivity contribution in [2.24, 2.45) is 0 Å². The topological polar surface area (TPSA) is 78.1 Å². The Bertz CT molecular complexity index is 1120. The van der Waals surface area contributed by atoms with Crippen molar-refractivity contribution in [3.05, 3.63) is 64.3 Å². The molecule has 0 aliphatic heterocycles. The molecule has 0 saturated heterocycles. The van der Waals surface area contributed by atoms with Gasteiger partial charge in [-0.05, 0) is 44.5 Å². The molecule has 0 fully saturated rings. The second kappa shape index (κ2) is 8.31. The van der Waals surface area contributed by atoms with Crippen LogP contribution < -0.4 is 15.8 Å². The minimum absolute atomic E-state index is 0.105. The van der Waals surface area contributed by atoms with E-state index in [2.05, 4.69) is 9.97 Å². The SMILES string of the molecule is CC(Oc1cc(-c2cncc(P(C)(C)=O)c2)cnc1N)c1c(Cl)ccc(F)c1Cl. The normalized spacial score (nSPS) is 12.6. The van der Waals surface area contributed by atoms with Gasteiger partial charge in [0, 0.05) is 45.6 Å². The Labute approximate surface area is 178 Å². The van der Waals surface area contributed by atoms with E-state index < -0.39 is 19.1 Å². The number of ether oxygens (including phenoxy) is 1. The molecule has 2 N–H and O–H groups in total. The second-order valence-electron chi connectivity index (χ2n) is 6.91. The zero-order valence-electron chi connectivity index (χ0n) is 16.0. The molecular weight excluding hydrogens is 435 g/mol. The number of nitrogen functional groups attached to an aromatic ring is 1. The molecule has 2 heterocycles. The lowest BCUT2D eigenvalue weighted by Gasteiger charge is -2.19. The molecular formula is C20H19Cl2FN3O2P. The number of hydrogen-bond donors (Lipinski definition) is 1. The molecule has 0 radical (unpaired) electrons. The lowest BCUT2D eigenvalue weighted by molar-refractivity contribution is 0.227. The van der Waals surface area contributed by atoms with Crippen molar-refractivity contribution in [1.82, 2.24) is 9.97 Å². The van der Waals surface area contributed by atoms with Gasteiger partial charge in [-0.15, -0.1) is 0 Å². The molecule has 1 atom stereocenters. The van der Waals surface area contributed by atoms with Crippen LogP contribution in [0.15, 0.2) is 42.9 Å². The summed E-state index contributed by atoms with van der Waals surface area (Å²) >= 11 is 12.2. The van der Waals surface area contributed by atoms with Crippen molar-refractivity contribution in [3.63, 3.8) is 0 Å². The Kier molecular flexibility index (Phi) is 6.18. The molecule has 29 heavy (non-hydrogen) atoms. The monoisotopic (exact) mass is 453 g/mol. The predicted molar refractivity (Wildman–Crippen MR) is 116 cm³/mol. The summed E-state index contributed by atoms with van der Waals surface area (Å²) in [5.74, 6) is -0.147. The molecule has 1 unspecified atom stereocenters. The van der Waals surface area contributed by atoms with Crippen LogP contribution >= 0.6 is 30.3 Å². The van der Waals surface area contributed by atoms with Crippen LogP contribution in [0.5, 0.6) is 5.75 Å². The molecule has 2 aromatic heterocycles. The number of benzene rings is 1. The highest BCUT2D eigenvalue weighted by Crippen LogP contribution is 2.38. The first-order valence-corrected chi connectivity index (χ1v) is 12.0. The van der Waals surface area contributed by atoms with Crippen molar-refractivity contribution in [1.29, 1.82) is 0 Å². The summed E-state index contributed by atoms with van der Waals surface area (Å²) in [5, 5.41) is 0.831. The lowest BCUT2D eigenvalue weighted by Crippen LogP contribution is -2.08.